The summed E-state index contributed by atoms with van der Waals surface area (Å²) in [5.41, 5.74) is 0.557. The molecule has 1 aromatic rings. The molecule has 3 N–H and O–H groups in total. The molecule has 112 valence electrons. The molecule has 0 aromatic heterocycles. The summed E-state index contributed by atoms with van der Waals surface area (Å²) < 4.78 is 5.33. The van der Waals surface area contributed by atoms with Gasteiger partial charge in [-0.1, -0.05) is 6.07 Å². The zero-order valence-electron chi connectivity index (χ0n) is 12.2. The first kappa shape index (κ1) is 15.1. The van der Waals surface area contributed by atoms with Gasteiger partial charge in [-0.3, -0.25) is 4.90 Å². The summed E-state index contributed by atoms with van der Waals surface area (Å²) in [5.74, 6) is 0.257. The van der Waals surface area contributed by atoms with Crippen LogP contribution in [-0.4, -0.2) is 54.0 Å². The molecule has 2 atom stereocenters. The number of phenols is 2. The molecule has 1 saturated heterocycles. The Morgan fingerprint density at radius 2 is 1.80 bits per heavy atom. The van der Waals surface area contributed by atoms with Crippen molar-refractivity contribution in [3.8, 4) is 11.5 Å². The summed E-state index contributed by atoms with van der Waals surface area (Å²) in [7, 11) is 0. The van der Waals surface area contributed by atoms with Crippen LogP contribution in [-0.2, 0) is 4.74 Å². The molecule has 0 spiro atoms. The third-order valence-corrected chi connectivity index (χ3v) is 3.66. The monoisotopic (exact) mass is 280 g/mol. The van der Waals surface area contributed by atoms with Gasteiger partial charge in [0.25, 0.3) is 0 Å². The van der Waals surface area contributed by atoms with Gasteiger partial charge in [0, 0.05) is 31.7 Å². The van der Waals surface area contributed by atoms with E-state index in [4.69, 9.17) is 4.74 Å². The van der Waals surface area contributed by atoms with Crippen LogP contribution in [0.1, 0.15) is 25.5 Å². The molecule has 5 heteroatoms. The predicted molar refractivity (Wildman–Crippen MR) is 78.0 cm³/mol. The Kier molecular flexibility index (Phi) is 5.23. The molecule has 0 amide bonds. The lowest BCUT2D eigenvalue weighted by Gasteiger charge is -2.31. The lowest BCUT2D eigenvalue weighted by Crippen LogP contribution is -2.44. The normalized spacial score (nSPS) is 19.7. The van der Waals surface area contributed by atoms with Crippen molar-refractivity contribution in [3.05, 3.63) is 23.8 Å². The molecular formula is C15H24N2O3. The maximum absolute atomic E-state index is 9.87. The fourth-order valence-electron chi connectivity index (χ4n) is 2.72. The third kappa shape index (κ3) is 3.85. The van der Waals surface area contributed by atoms with Gasteiger partial charge in [-0.25, -0.2) is 0 Å². The molecule has 1 fully saturated rings. The van der Waals surface area contributed by atoms with E-state index in [1.54, 1.807) is 18.2 Å². The van der Waals surface area contributed by atoms with Gasteiger partial charge in [-0.05, 0) is 26.0 Å². The fourth-order valence-corrected chi connectivity index (χ4v) is 2.72. The first-order valence-corrected chi connectivity index (χ1v) is 7.15. The van der Waals surface area contributed by atoms with E-state index >= 15 is 0 Å². The Morgan fingerprint density at radius 3 is 2.40 bits per heavy atom. The van der Waals surface area contributed by atoms with Gasteiger partial charge in [-0.2, -0.15) is 0 Å². The van der Waals surface area contributed by atoms with E-state index in [0.717, 1.165) is 32.8 Å². The zero-order valence-corrected chi connectivity index (χ0v) is 12.2. The van der Waals surface area contributed by atoms with Crippen molar-refractivity contribution >= 4 is 0 Å². The highest BCUT2D eigenvalue weighted by Crippen LogP contribution is 2.32. The maximum Gasteiger partial charge on any atom is 0.124 e. The van der Waals surface area contributed by atoms with Gasteiger partial charge >= 0.3 is 0 Å². The van der Waals surface area contributed by atoms with Crippen LogP contribution in [0, 0.1) is 0 Å². The van der Waals surface area contributed by atoms with Crippen LogP contribution < -0.4 is 5.32 Å². The molecule has 0 saturated carbocycles. The zero-order chi connectivity index (χ0) is 14.5. The first-order valence-electron chi connectivity index (χ1n) is 7.15. The number of hydrogen-bond donors (Lipinski definition) is 3. The predicted octanol–water partition coefficient (Wildman–Crippen LogP) is 1.47. The van der Waals surface area contributed by atoms with E-state index in [0.29, 0.717) is 5.56 Å². The summed E-state index contributed by atoms with van der Waals surface area (Å²) in [5, 5.41) is 23.2. The van der Waals surface area contributed by atoms with Crippen molar-refractivity contribution in [1.29, 1.82) is 0 Å². The lowest BCUT2D eigenvalue weighted by atomic mass is 10.0. The number of nitrogens with one attached hydrogen (secondary N) is 1. The third-order valence-electron chi connectivity index (χ3n) is 3.66. The van der Waals surface area contributed by atoms with Crippen molar-refractivity contribution in [3.63, 3.8) is 0 Å². The largest absolute Gasteiger partial charge is 0.507 e. The second-order valence-corrected chi connectivity index (χ2v) is 5.41. The SMILES string of the molecule is CC(CN1CCOCC1)NC(C)c1c(O)cccc1O. The van der Waals surface area contributed by atoms with Gasteiger partial charge in [0.2, 0.25) is 0 Å². The molecule has 5 nitrogen and oxygen atoms in total. The smallest absolute Gasteiger partial charge is 0.124 e. The lowest BCUT2D eigenvalue weighted by molar-refractivity contribution is 0.0339. The molecule has 0 aliphatic carbocycles. The highest BCUT2D eigenvalue weighted by atomic mass is 16.5. The Morgan fingerprint density at radius 1 is 1.20 bits per heavy atom. The fraction of sp³-hybridized carbons (Fsp3) is 0.600. The minimum absolute atomic E-state index is 0.104. The van der Waals surface area contributed by atoms with Gasteiger partial charge < -0.3 is 20.3 Å². The van der Waals surface area contributed by atoms with Crippen LogP contribution in [0.4, 0.5) is 0 Å². The number of aromatic hydroxyl groups is 2. The number of benzene rings is 1. The maximum atomic E-state index is 9.87. The molecule has 20 heavy (non-hydrogen) atoms. The topological polar surface area (TPSA) is 65.0 Å². The molecule has 1 aliphatic rings. The van der Waals surface area contributed by atoms with E-state index in [9.17, 15) is 10.2 Å². The van der Waals surface area contributed by atoms with E-state index in [1.807, 2.05) is 6.92 Å². The molecule has 2 unspecified atom stereocenters. The second-order valence-electron chi connectivity index (χ2n) is 5.41. The van der Waals surface area contributed by atoms with E-state index in [1.165, 1.54) is 0 Å². The van der Waals surface area contributed by atoms with Gasteiger partial charge in [-0.15, -0.1) is 0 Å². The molecule has 0 radical (unpaired) electrons. The number of phenolic OH excluding ortho intramolecular Hbond substituents is 2. The second kappa shape index (κ2) is 6.92. The Balaban J connectivity index is 1.91. The van der Waals surface area contributed by atoms with Crippen molar-refractivity contribution in [1.82, 2.24) is 10.2 Å². The highest BCUT2D eigenvalue weighted by Gasteiger charge is 2.19. The Bertz CT molecular complexity index is 413. The minimum Gasteiger partial charge on any atom is -0.507 e. The van der Waals surface area contributed by atoms with Crippen LogP contribution in [0.25, 0.3) is 0 Å². The van der Waals surface area contributed by atoms with Crippen LogP contribution in [0.2, 0.25) is 0 Å². The molecule has 1 aromatic carbocycles. The Hall–Kier alpha value is -1.30. The summed E-state index contributed by atoms with van der Waals surface area (Å²) in [6.45, 7) is 8.51. The number of hydrogen-bond acceptors (Lipinski definition) is 5. The molecule has 2 rings (SSSR count). The van der Waals surface area contributed by atoms with Crippen LogP contribution in [0.5, 0.6) is 11.5 Å². The molecular weight excluding hydrogens is 256 g/mol. The first-order chi connectivity index (χ1) is 9.58. The van der Waals surface area contributed by atoms with Gasteiger partial charge in [0.15, 0.2) is 0 Å². The van der Waals surface area contributed by atoms with Crippen molar-refractivity contribution in [2.45, 2.75) is 25.9 Å². The minimum atomic E-state index is -0.104. The summed E-state index contributed by atoms with van der Waals surface area (Å²) in [6.07, 6.45) is 0. The summed E-state index contributed by atoms with van der Waals surface area (Å²) >= 11 is 0. The Labute approximate surface area is 120 Å². The van der Waals surface area contributed by atoms with E-state index in [2.05, 4.69) is 17.1 Å². The van der Waals surface area contributed by atoms with Gasteiger partial charge in [0.1, 0.15) is 11.5 Å². The molecule has 1 heterocycles. The van der Waals surface area contributed by atoms with Crippen molar-refractivity contribution in [2.24, 2.45) is 0 Å². The highest BCUT2D eigenvalue weighted by molar-refractivity contribution is 5.44. The summed E-state index contributed by atoms with van der Waals surface area (Å²) in [6, 6.07) is 4.99. The van der Waals surface area contributed by atoms with Gasteiger partial charge in [0.05, 0.1) is 18.8 Å². The molecule has 0 bridgehead atoms. The molecule has 1 aliphatic heterocycles. The van der Waals surface area contributed by atoms with Crippen molar-refractivity contribution < 1.29 is 14.9 Å². The van der Waals surface area contributed by atoms with Crippen LogP contribution >= 0.6 is 0 Å². The van der Waals surface area contributed by atoms with E-state index in [-0.39, 0.29) is 23.6 Å². The van der Waals surface area contributed by atoms with Crippen LogP contribution in [0.3, 0.4) is 0 Å². The quantitative estimate of drug-likeness (QED) is 0.762. The average molecular weight is 280 g/mol. The van der Waals surface area contributed by atoms with E-state index < -0.39 is 0 Å². The summed E-state index contributed by atoms with van der Waals surface area (Å²) in [4.78, 5) is 2.36. The standard InChI is InChI=1S/C15H24N2O3/c1-11(10-17-6-8-20-9-7-17)16-12(2)15-13(18)4-3-5-14(15)19/h3-5,11-12,16,18-19H,6-10H2,1-2H3. The number of rotatable bonds is 5. The average Bonchev–Trinajstić information content (AvgIpc) is 2.39. The number of ether oxygens (including phenoxy) is 1. The number of nitrogens with zero attached hydrogens (tertiary/aromatic N) is 1. The number of morpholine rings is 1. The van der Waals surface area contributed by atoms with Crippen molar-refractivity contribution in [2.75, 3.05) is 32.8 Å². The van der Waals surface area contributed by atoms with Crippen LogP contribution in [0.15, 0.2) is 18.2 Å².